The topological polar surface area (TPSA) is 52.0 Å². The third-order valence-electron chi connectivity index (χ3n) is 2.20. The number of nitrogen functional groups attached to an aromatic ring is 1. The predicted molar refractivity (Wildman–Crippen MR) is 57.1 cm³/mol. The molecule has 0 aliphatic carbocycles. The first-order chi connectivity index (χ1) is 6.48. The summed E-state index contributed by atoms with van der Waals surface area (Å²) in [6.07, 6.45) is 0. The fourth-order valence-corrected chi connectivity index (χ4v) is 1.50. The summed E-state index contributed by atoms with van der Waals surface area (Å²) in [5.41, 5.74) is 8.21. The van der Waals surface area contributed by atoms with Gasteiger partial charge in [-0.2, -0.15) is 0 Å². The van der Waals surface area contributed by atoms with Gasteiger partial charge in [0.2, 0.25) is 0 Å². The number of hydrogen-bond donors (Lipinski definition) is 1. The van der Waals surface area contributed by atoms with Crippen LogP contribution in [0.3, 0.4) is 0 Å². The predicted octanol–water partition coefficient (Wildman–Crippen LogP) is 2.71. The van der Waals surface area contributed by atoms with Crippen LogP contribution in [-0.2, 0) is 5.41 Å². The highest BCUT2D eigenvalue weighted by Crippen LogP contribution is 2.30. The van der Waals surface area contributed by atoms with E-state index in [4.69, 9.17) is 10.3 Å². The maximum atomic E-state index is 5.73. The van der Waals surface area contributed by atoms with Crippen molar-refractivity contribution < 1.29 is 4.52 Å². The number of nitrogens with zero attached hydrogens (tertiary/aromatic N) is 1. The second-order valence-electron chi connectivity index (χ2n) is 4.54. The molecule has 1 heterocycles. The third-order valence-corrected chi connectivity index (χ3v) is 2.20. The van der Waals surface area contributed by atoms with Gasteiger partial charge in [0.1, 0.15) is 0 Å². The van der Waals surface area contributed by atoms with Crippen molar-refractivity contribution in [2.45, 2.75) is 26.2 Å². The fourth-order valence-electron chi connectivity index (χ4n) is 1.50. The van der Waals surface area contributed by atoms with Crippen LogP contribution in [0.4, 0.5) is 5.69 Å². The SMILES string of the molecule is CC(C)(C)c1noc2ccc(N)cc12. The van der Waals surface area contributed by atoms with E-state index in [-0.39, 0.29) is 5.41 Å². The van der Waals surface area contributed by atoms with Crippen molar-refractivity contribution in [1.82, 2.24) is 5.16 Å². The van der Waals surface area contributed by atoms with Gasteiger partial charge in [-0.1, -0.05) is 25.9 Å². The molecule has 0 amide bonds. The summed E-state index contributed by atoms with van der Waals surface area (Å²) in [5, 5.41) is 5.09. The van der Waals surface area contributed by atoms with Crippen molar-refractivity contribution in [3.8, 4) is 0 Å². The first-order valence-electron chi connectivity index (χ1n) is 4.64. The van der Waals surface area contributed by atoms with Crippen LogP contribution in [0.25, 0.3) is 11.0 Å². The van der Waals surface area contributed by atoms with Crippen LogP contribution in [0.5, 0.6) is 0 Å². The molecule has 0 saturated carbocycles. The van der Waals surface area contributed by atoms with Crippen LogP contribution in [0.15, 0.2) is 22.7 Å². The van der Waals surface area contributed by atoms with E-state index in [0.29, 0.717) is 0 Å². The lowest BCUT2D eigenvalue weighted by molar-refractivity contribution is 0.419. The van der Waals surface area contributed by atoms with Crippen LogP contribution in [0, 0.1) is 0 Å². The van der Waals surface area contributed by atoms with Crippen LogP contribution in [-0.4, -0.2) is 5.16 Å². The van der Waals surface area contributed by atoms with E-state index in [1.54, 1.807) is 0 Å². The molecule has 0 fully saturated rings. The van der Waals surface area contributed by atoms with Gasteiger partial charge in [0, 0.05) is 16.5 Å². The maximum absolute atomic E-state index is 5.73. The van der Waals surface area contributed by atoms with E-state index < -0.39 is 0 Å². The first-order valence-corrected chi connectivity index (χ1v) is 4.64. The van der Waals surface area contributed by atoms with Gasteiger partial charge in [-0.3, -0.25) is 0 Å². The molecule has 2 rings (SSSR count). The van der Waals surface area contributed by atoms with Crippen molar-refractivity contribution in [2.24, 2.45) is 0 Å². The molecule has 2 N–H and O–H groups in total. The monoisotopic (exact) mass is 190 g/mol. The van der Waals surface area contributed by atoms with E-state index in [9.17, 15) is 0 Å². The van der Waals surface area contributed by atoms with Crippen LogP contribution in [0.1, 0.15) is 26.5 Å². The Balaban J connectivity index is 2.73. The van der Waals surface area contributed by atoms with Gasteiger partial charge < -0.3 is 10.3 Å². The molecule has 1 aromatic carbocycles. The average Bonchev–Trinajstić information content (AvgIpc) is 2.45. The molecule has 1 aromatic heterocycles. The van der Waals surface area contributed by atoms with Crippen molar-refractivity contribution in [3.05, 3.63) is 23.9 Å². The van der Waals surface area contributed by atoms with Crippen LogP contribution < -0.4 is 5.73 Å². The number of fused-ring (bicyclic) bond motifs is 1. The number of hydrogen-bond acceptors (Lipinski definition) is 3. The van der Waals surface area contributed by atoms with Gasteiger partial charge in [0.25, 0.3) is 0 Å². The number of benzene rings is 1. The summed E-state index contributed by atoms with van der Waals surface area (Å²) < 4.78 is 5.22. The largest absolute Gasteiger partial charge is 0.399 e. The zero-order chi connectivity index (χ0) is 10.3. The van der Waals surface area contributed by atoms with Crippen molar-refractivity contribution in [2.75, 3.05) is 5.73 Å². The van der Waals surface area contributed by atoms with Crippen LogP contribution in [0.2, 0.25) is 0 Å². The summed E-state index contributed by atoms with van der Waals surface area (Å²) >= 11 is 0. The van der Waals surface area contributed by atoms with Crippen molar-refractivity contribution in [3.63, 3.8) is 0 Å². The standard InChI is InChI=1S/C11H14N2O/c1-11(2,3)10-8-6-7(12)4-5-9(8)14-13-10/h4-6H,12H2,1-3H3. The third kappa shape index (κ3) is 1.35. The molecule has 3 heteroatoms. The van der Waals surface area contributed by atoms with Gasteiger partial charge in [-0.05, 0) is 18.2 Å². The van der Waals surface area contributed by atoms with E-state index >= 15 is 0 Å². The molecule has 0 unspecified atom stereocenters. The number of nitrogens with two attached hydrogens (primary N) is 1. The molecule has 3 nitrogen and oxygen atoms in total. The van der Waals surface area contributed by atoms with Crippen LogP contribution >= 0.6 is 0 Å². The highest BCUT2D eigenvalue weighted by Gasteiger charge is 2.21. The molecule has 0 aliphatic heterocycles. The molecule has 14 heavy (non-hydrogen) atoms. The van der Waals surface area contributed by atoms with E-state index in [0.717, 1.165) is 22.4 Å². The molecular formula is C11H14N2O. The van der Waals surface area contributed by atoms with Gasteiger partial charge in [-0.15, -0.1) is 0 Å². The van der Waals surface area contributed by atoms with Gasteiger partial charge in [0.15, 0.2) is 5.58 Å². The number of anilines is 1. The Morgan fingerprint density at radius 2 is 2.00 bits per heavy atom. The molecule has 0 aliphatic rings. The Kier molecular flexibility index (Phi) is 1.77. The first kappa shape index (κ1) is 9.06. The highest BCUT2D eigenvalue weighted by molar-refractivity contribution is 5.83. The lowest BCUT2D eigenvalue weighted by atomic mass is 9.90. The molecule has 74 valence electrons. The Morgan fingerprint density at radius 1 is 1.29 bits per heavy atom. The molecule has 0 atom stereocenters. The highest BCUT2D eigenvalue weighted by atomic mass is 16.5. The normalized spacial score (nSPS) is 12.2. The van der Waals surface area contributed by atoms with E-state index in [1.807, 2.05) is 18.2 Å². The second kappa shape index (κ2) is 2.74. The summed E-state index contributed by atoms with van der Waals surface area (Å²) in [6, 6.07) is 5.58. The van der Waals surface area contributed by atoms with Crippen molar-refractivity contribution in [1.29, 1.82) is 0 Å². The Hall–Kier alpha value is -1.51. The summed E-state index contributed by atoms with van der Waals surface area (Å²) in [7, 11) is 0. The smallest absolute Gasteiger partial charge is 0.167 e. The summed E-state index contributed by atoms with van der Waals surface area (Å²) in [4.78, 5) is 0. The number of aromatic nitrogens is 1. The van der Waals surface area contributed by atoms with Crippen molar-refractivity contribution >= 4 is 16.7 Å². The summed E-state index contributed by atoms with van der Waals surface area (Å²) in [5.74, 6) is 0. The van der Waals surface area contributed by atoms with Gasteiger partial charge in [-0.25, -0.2) is 0 Å². The lowest BCUT2D eigenvalue weighted by Crippen LogP contribution is -2.11. The minimum atomic E-state index is -0.0148. The quantitative estimate of drug-likeness (QED) is 0.650. The molecule has 0 saturated heterocycles. The summed E-state index contributed by atoms with van der Waals surface area (Å²) in [6.45, 7) is 6.31. The molecular weight excluding hydrogens is 176 g/mol. The minimum absolute atomic E-state index is 0.0148. The van der Waals surface area contributed by atoms with E-state index in [1.165, 1.54) is 0 Å². The Bertz CT molecular complexity index is 466. The zero-order valence-electron chi connectivity index (χ0n) is 8.66. The Morgan fingerprint density at radius 3 is 2.64 bits per heavy atom. The number of rotatable bonds is 0. The average molecular weight is 190 g/mol. The molecule has 0 radical (unpaired) electrons. The van der Waals surface area contributed by atoms with E-state index in [2.05, 4.69) is 25.9 Å². The second-order valence-corrected chi connectivity index (χ2v) is 4.54. The zero-order valence-corrected chi connectivity index (χ0v) is 8.66. The molecule has 0 bridgehead atoms. The maximum Gasteiger partial charge on any atom is 0.167 e. The lowest BCUT2D eigenvalue weighted by Gasteiger charge is -2.14. The minimum Gasteiger partial charge on any atom is -0.399 e. The van der Waals surface area contributed by atoms with Gasteiger partial charge in [0.05, 0.1) is 5.69 Å². The fraction of sp³-hybridized carbons (Fsp3) is 0.364. The molecule has 0 spiro atoms. The van der Waals surface area contributed by atoms with Gasteiger partial charge >= 0.3 is 0 Å². The Labute approximate surface area is 82.9 Å². The molecule has 2 aromatic rings.